The Balaban J connectivity index is 0.964. The van der Waals surface area contributed by atoms with Crippen LogP contribution in [0.25, 0.3) is 43.8 Å². The predicted molar refractivity (Wildman–Crippen MR) is 242 cm³/mol. The summed E-state index contributed by atoms with van der Waals surface area (Å²) in [6, 6.07) is 61.3. The largest absolute Gasteiger partial charge is 0.457 e. The van der Waals surface area contributed by atoms with Crippen LogP contribution in [0.3, 0.4) is 0 Å². The maximum absolute atomic E-state index is 6.84. The second-order valence-corrected chi connectivity index (χ2v) is 16.2. The number of nitrogens with one attached hydrogen (secondary N) is 1. The lowest BCUT2D eigenvalue weighted by atomic mass is 9.66. The number of hydrogen-bond donors (Lipinski definition) is 1. The van der Waals surface area contributed by atoms with Crippen molar-refractivity contribution < 1.29 is 4.74 Å². The predicted octanol–water partition coefficient (Wildman–Crippen LogP) is 13.1. The number of rotatable bonds is 4. The number of aliphatic imine (C=N–C) groups is 2. The molecule has 2 aliphatic carbocycles. The Kier molecular flexibility index (Phi) is 7.52. The molecule has 59 heavy (non-hydrogen) atoms. The van der Waals surface area contributed by atoms with Gasteiger partial charge in [0, 0.05) is 22.3 Å². The molecule has 0 fully saturated rings. The molecule has 2 aliphatic heterocycles. The number of nitrogens with zero attached hydrogens (tertiary/aromatic N) is 2. The van der Waals surface area contributed by atoms with Gasteiger partial charge in [0.05, 0.1) is 5.41 Å². The van der Waals surface area contributed by atoms with Gasteiger partial charge < -0.3 is 10.1 Å². The van der Waals surface area contributed by atoms with E-state index in [0.29, 0.717) is 5.92 Å². The molecule has 0 saturated heterocycles. The number of benzene rings is 8. The molecule has 2 unspecified atom stereocenters. The van der Waals surface area contributed by atoms with Gasteiger partial charge in [-0.25, -0.2) is 9.98 Å². The number of hydrogen-bond acceptors (Lipinski definition) is 4. The van der Waals surface area contributed by atoms with Crippen LogP contribution >= 0.6 is 0 Å². The molecule has 0 bridgehead atoms. The monoisotopic (exact) mass is 757 g/mol. The second kappa shape index (κ2) is 13.1. The number of allylic oxidation sites excluding steroid dienone is 2. The van der Waals surface area contributed by atoms with Gasteiger partial charge in [-0.3, -0.25) is 0 Å². The summed E-state index contributed by atoms with van der Waals surface area (Å²) in [7, 11) is 0. The third-order valence-corrected chi connectivity index (χ3v) is 12.7. The van der Waals surface area contributed by atoms with Crippen molar-refractivity contribution in [3.63, 3.8) is 0 Å². The summed E-state index contributed by atoms with van der Waals surface area (Å²) < 4.78 is 6.84. The highest BCUT2D eigenvalue weighted by Crippen LogP contribution is 2.62. The van der Waals surface area contributed by atoms with Crippen molar-refractivity contribution >= 4 is 33.2 Å². The van der Waals surface area contributed by atoms with Crippen LogP contribution in [0.15, 0.2) is 204 Å². The minimum absolute atomic E-state index is 0.433. The number of ether oxygens (including phenoxy) is 1. The quantitative estimate of drug-likeness (QED) is 0.182. The second-order valence-electron chi connectivity index (χ2n) is 16.2. The Labute approximate surface area is 343 Å². The molecule has 4 nitrogen and oxygen atoms in total. The molecule has 280 valence electrons. The van der Waals surface area contributed by atoms with E-state index >= 15 is 0 Å². The molecule has 8 aromatic carbocycles. The Hall–Kier alpha value is -7.30. The lowest BCUT2D eigenvalue weighted by Gasteiger charge is -2.39. The van der Waals surface area contributed by atoms with E-state index in [1.54, 1.807) is 0 Å². The Morgan fingerprint density at radius 1 is 0.542 bits per heavy atom. The summed E-state index contributed by atoms with van der Waals surface area (Å²) in [6.45, 7) is 2.25. The zero-order chi connectivity index (χ0) is 39.1. The fraction of sp³-hybridized carbons (Fsp3) is 0.0909. The number of para-hydroxylation sites is 1. The van der Waals surface area contributed by atoms with Crippen molar-refractivity contribution in [1.29, 1.82) is 0 Å². The lowest BCUT2D eigenvalue weighted by molar-refractivity contribution is 0.436. The molecule has 8 aromatic rings. The molecular formula is C55H39N3O. The zero-order valence-corrected chi connectivity index (χ0v) is 32.6. The number of fused-ring (bicyclic) bond motifs is 12. The summed E-state index contributed by atoms with van der Waals surface area (Å²) in [5, 5.41) is 8.56. The summed E-state index contributed by atoms with van der Waals surface area (Å²) >= 11 is 0. The van der Waals surface area contributed by atoms with Crippen LogP contribution in [0.1, 0.15) is 52.9 Å². The van der Waals surface area contributed by atoms with Crippen molar-refractivity contribution in [3.8, 4) is 33.8 Å². The fourth-order valence-electron chi connectivity index (χ4n) is 9.88. The van der Waals surface area contributed by atoms with E-state index in [4.69, 9.17) is 14.7 Å². The van der Waals surface area contributed by atoms with E-state index in [0.717, 1.165) is 63.0 Å². The van der Waals surface area contributed by atoms with Gasteiger partial charge in [-0.1, -0.05) is 171 Å². The van der Waals surface area contributed by atoms with Gasteiger partial charge in [0.1, 0.15) is 23.2 Å². The van der Waals surface area contributed by atoms with Gasteiger partial charge in [-0.2, -0.15) is 0 Å². The standard InChI is InChI=1S/C55H39N3O/c1-34-21-23-36(24-22-34)52-56-53(58-54(57-52)41-27-29-43-39(32-41)26-25-35-11-2-3-14-42(35)43)40-13-10-12-37(31-40)38-28-30-49-51(33-38)59-50-20-9-8-19-48(50)55(49)46-17-6-4-15-44(46)45-16-5-7-18-47(45)55/h2-21,23-34,53H,22H2,1H3,(H,56,57,58). The van der Waals surface area contributed by atoms with Crippen LogP contribution in [0.2, 0.25) is 0 Å². The van der Waals surface area contributed by atoms with Crippen LogP contribution in [-0.2, 0) is 5.41 Å². The third kappa shape index (κ3) is 5.23. The summed E-state index contributed by atoms with van der Waals surface area (Å²) in [4.78, 5) is 10.6. The first-order valence-corrected chi connectivity index (χ1v) is 20.6. The first-order chi connectivity index (χ1) is 29.1. The van der Waals surface area contributed by atoms with E-state index in [2.05, 4.69) is 200 Å². The minimum Gasteiger partial charge on any atom is -0.457 e. The number of amidine groups is 2. The van der Waals surface area contributed by atoms with Gasteiger partial charge in [-0.05, 0) is 97.1 Å². The highest BCUT2D eigenvalue weighted by molar-refractivity contribution is 6.18. The van der Waals surface area contributed by atoms with Crippen LogP contribution in [0.4, 0.5) is 0 Å². The molecule has 4 heteroatoms. The van der Waals surface area contributed by atoms with Gasteiger partial charge in [0.2, 0.25) is 0 Å². The Bertz CT molecular complexity index is 3140. The summed E-state index contributed by atoms with van der Waals surface area (Å²) in [6.07, 6.45) is 7.30. The van der Waals surface area contributed by atoms with Crippen LogP contribution in [-0.4, -0.2) is 11.7 Å². The molecule has 1 N–H and O–H groups in total. The average molecular weight is 758 g/mol. The van der Waals surface area contributed by atoms with E-state index < -0.39 is 11.6 Å². The molecule has 0 saturated carbocycles. The van der Waals surface area contributed by atoms with Crippen LogP contribution < -0.4 is 10.1 Å². The molecule has 4 aliphatic rings. The maximum atomic E-state index is 6.84. The van der Waals surface area contributed by atoms with Crippen molar-refractivity contribution in [1.82, 2.24) is 5.32 Å². The average Bonchev–Trinajstić information content (AvgIpc) is 3.59. The Morgan fingerprint density at radius 2 is 1.22 bits per heavy atom. The molecular weight excluding hydrogens is 719 g/mol. The normalized spacial score (nSPS) is 18.2. The van der Waals surface area contributed by atoms with Crippen molar-refractivity contribution in [3.05, 3.63) is 227 Å². The molecule has 0 aromatic heterocycles. The molecule has 0 radical (unpaired) electrons. The van der Waals surface area contributed by atoms with Gasteiger partial charge >= 0.3 is 0 Å². The highest BCUT2D eigenvalue weighted by Gasteiger charge is 2.50. The first kappa shape index (κ1) is 33.8. The van der Waals surface area contributed by atoms with Crippen molar-refractivity contribution in [2.45, 2.75) is 24.9 Å². The molecule has 1 spiro atoms. The van der Waals surface area contributed by atoms with Crippen LogP contribution in [0, 0.1) is 5.92 Å². The third-order valence-electron chi connectivity index (χ3n) is 12.7. The van der Waals surface area contributed by atoms with E-state index in [9.17, 15) is 0 Å². The first-order valence-electron chi connectivity index (χ1n) is 20.6. The molecule has 2 atom stereocenters. The molecule has 0 amide bonds. The highest BCUT2D eigenvalue weighted by atomic mass is 16.5. The van der Waals surface area contributed by atoms with E-state index in [-0.39, 0.29) is 0 Å². The fourth-order valence-corrected chi connectivity index (χ4v) is 9.88. The van der Waals surface area contributed by atoms with Gasteiger partial charge in [0.25, 0.3) is 0 Å². The smallest absolute Gasteiger partial charge is 0.169 e. The summed E-state index contributed by atoms with van der Waals surface area (Å²) in [5.74, 6) is 3.92. The minimum atomic E-state index is -0.487. The zero-order valence-electron chi connectivity index (χ0n) is 32.6. The molecule has 2 heterocycles. The summed E-state index contributed by atoms with van der Waals surface area (Å²) in [5.41, 5.74) is 12.3. The van der Waals surface area contributed by atoms with Gasteiger partial charge in [-0.15, -0.1) is 0 Å². The maximum Gasteiger partial charge on any atom is 0.169 e. The van der Waals surface area contributed by atoms with E-state index in [1.807, 2.05) is 0 Å². The van der Waals surface area contributed by atoms with Crippen molar-refractivity contribution in [2.75, 3.05) is 0 Å². The topological polar surface area (TPSA) is 46.0 Å². The van der Waals surface area contributed by atoms with Crippen molar-refractivity contribution in [2.24, 2.45) is 15.9 Å². The van der Waals surface area contributed by atoms with Crippen LogP contribution in [0.5, 0.6) is 11.5 Å². The molecule has 12 rings (SSSR count). The van der Waals surface area contributed by atoms with E-state index in [1.165, 1.54) is 49.4 Å². The SMILES string of the molecule is CC1C=CC(C2=NC(c3cccc(-c4ccc5c(c4)Oc4ccccc4C54c5ccccc5-c5ccccc54)c3)N=C(c3ccc4c(ccc5ccccc54)c3)N2)=CC1. The lowest BCUT2D eigenvalue weighted by Crippen LogP contribution is -2.36. The Morgan fingerprint density at radius 3 is 2.05 bits per heavy atom. The van der Waals surface area contributed by atoms with Gasteiger partial charge in [0.15, 0.2) is 6.17 Å².